The van der Waals surface area contributed by atoms with Crippen molar-refractivity contribution < 1.29 is 4.42 Å². The van der Waals surface area contributed by atoms with Crippen LogP contribution in [-0.2, 0) is 5.41 Å². The number of benzene rings is 9. The third-order valence-corrected chi connectivity index (χ3v) is 11.7. The Hall–Kier alpha value is -6.44. The summed E-state index contributed by atoms with van der Waals surface area (Å²) in [6.45, 7) is 4.73. The normalized spacial score (nSPS) is 13.3. The van der Waals surface area contributed by atoms with E-state index in [-0.39, 0.29) is 5.41 Å². The molecule has 0 atom stereocenters. The van der Waals surface area contributed by atoms with E-state index in [0.717, 1.165) is 11.2 Å². The van der Waals surface area contributed by atoms with Crippen LogP contribution in [0.5, 0.6) is 0 Å². The number of rotatable bonds is 3. The zero-order valence-corrected chi connectivity index (χ0v) is 29.1. The number of hydrogen-bond donors (Lipinski definition) is 0. The van der Waals surface area contributed by atoms with E-state index in [1.165, 1.54) is 98.7 Å². The fraction of sp³-hybridized carbons (Fsp3) is 0.0588. The van der Waals surface area contributed by atoms with Crippen LogP contribution in [0.1, 0.15) is 25.0 Å². The molecule has 244 valence electrons. The van der Waals surface area contributed by atoms with E-state index in [1.54, 1.807) is 0 Å². The molecule has 0 saturated carbocycles. The molecule has 0 aliphatic heterocycles. The standard InChI is InChI=1S/C51H34O/c1-51(2)44-29-28-42-40(26-27-41-35-14-10-11-19-46(35)52-50(41)42)49(44)43-25-24-34(30-45(43)51)31-20-22-33(23-21-31)48-38-17-8-6-15-36(38)47(32-12-4-3-5-13-32)37-16-7-9-18-39(37)48/h3-30H,1-2H3. The van der Waals surface area contributed by atoms with Gasteiger partial charge in [0.05, 0.1) is 0 Å². The van der Waals surface area contributed by atoms with Crippen LogP contribution in [0.25, 0.3) is 98.8 Å². The quantitative estimate of drug-likeness (QED) is 0.172. The molecule has 0 amide bonds. The average molecular weight is 663 g/mol. The Kier molecular flexibility index (Phi) is 6.08. The van der Waals surface area contributed by atoms with E-state index in [9.17, 15) is 0 Å². The maximum Gasteiger partial charge on any atom is 0.143 e. The molecule has 0 saturated heterocycles. The molecule has 52 heavy (non-hydrogen) atoms. The minimum Gasteiger partial charge on any atom is -0.455 e. The van der Waals surface area contributed by atoms with Gasteiger partial charge in [0, 0.05) is 21.6 Å². The van der Waals surface area contributed by atoms with Crippen LogP contribution < -0.4 is 0 Å². The fourth-order valence-electron chi connectivity index (χ4n) is 9.19. The van der Waals surface area contributed by atoms with Gasteiger partial charge in [0.15, 0.2) is 0 Å². The van der Waals surface area contributed by atoms with Crippen molar-refractivity contribution in [2.75, 3.05) is 0 Å². The summed E-state index contributed by atoms with van der Waals surface area (Å²) in [6.07, 6.45) is 0. The molecule has 1 heterocycles. The summed E-state index contributed by atoms with van der Waals surface area (Å²) in [7, 11) is 0. The third-order valence-electron chi connectivity index (χ3n) is 11.7. The summed E-state index contributed by atoms with van der Waals surface area (Å²) in [5.41, 5.74) is 14.7. The smallest absolute Gasteiger partial charge is 0.143 e. The van der Waals surface area contributed by atoms with Crippen molar-refractivity contribution in [3.05, 3.63) is 181 Å². The molecule has 11 rings (SSSR count). The number of furan rings is 1. The maximum absolute atomic E-state index is 6.46. The molecule has 10 aromatic rings. The molecule has 1 heteroatoms. The SMILES string of the molecule is CC1(C)c2cc(-c3ccc(-c4c5ccccc5c(-c5ccccc5)c5ccccc45)cc3)ccc2-c2c1ccc1c2ccc2c3ccccc3oc12. The molecule has 0 spiro atoms. The summed E-state index contributed by atoms with van der Waals surface area (Å²) >= 11 is 0. The number of fused-ring (bicyclic) bond motifs is 11. The van der Waals surface area contributed by atoms with Crippen LogP contribution in [0.2, 0.25) is 0 Å². The molecule has 0 fully saturated rings. The summed E-state index contributed by atoms with van der Waals surface area (Å²) in [4.78, 5) is 0. The zero-order chi connectivity index (χ0) is 34.6. The molecule has 0 unspecified atom stereocenters. The molecule has 1 aliphatic carbocycles. The second-order valence-electron chi connectivity index (χ2n) is 14.8. The number of hydrogen-bond acceptors (Lipinski definition) is 1. The van der Waals surface area contributed by atoms with E-state index < -0.39 is 0 Å². The van der Waals surface area contributed by atoms with Gasteiger partial charge in [-0.25, -0.2) is 0 Å². The highest BCUT2D eigenvalue weighted by molar-refractivity contribution is 6.22. The topological polar surface area (TPSA) is 13.1 Å². The Morgan fingerprint density at radius 3 is 1.50 bits per heavy atom. The largest absolute Gasteiger partial charge is 0.455 e. The zero-order valence-electron chi connectivity index (χ0n) is 29.1. The summed E-state index contributed by atoms with van der Waals surface area (Å²) < 4.78 is 6.46. The van der Waals surface area contributed by atoms with Crippen molar-refractivity contribution in [1.82, 2.24) is 0 Å². The van der Waals surface area contributed by atoms with Gasteiger partial charge in [-0.15, -0.1) is 0 Å². The monoisotopic (exact) mass is 662 g/mol. The van der Waals surface area contributed by atoms with Gasteiger partial charge in [0.2, 0.25) is 0 Å². The Morgan fingerprint density at radius 2 is 0.827 bits per heavy atom. The molecule has 0 radical (unpaired) electrons. The highest BCUT2D eigenvalue weighted by Gasteiger charge is 2.37. The molecule has 0 N–H and O–H groups in total. The van der Waals surface area contributed by atoms with Gasteiger partial charge in [0.25, 0.3) is 0 Å². The highest BCUT2D eigenvalue weighted by atomic mass is 16.3. The lowest BCUT2D eigenvalue weighted by Crippen LogP contribution is -2.15. The van der Waals surface area contributed by atoms with Crippen molar-refractivity contribution in [2.24, 2.45) is 0 Å². The van der Waals surface area contributed by atoms with Crippen LogP contribution >= 0.6 is 0 Å². The molecule has 1 aromatic heterocycles. The molecular formula is C51H34O. The number of para-hydroxylation sites is 1. The van der Waals surface area contributed by atoms with Crippen LogP contribution in [0.4, 0.5) is 0 Å². The molecule has 1 aliphatic rings. The van der Waals surface area contributed by atoms with E-state index in [2.05, 4.69) is 178 Å². The first-order chi connectivity index (χ1) is 25.6. The van der Waals surface area contributed by atoms with Gasteiger partial charge < -0.3 is 4.42 Å². The molecule has 1 nitrogen and oxygen atoms in total. The van der Waals surface area contributed by atoms with Crippen LogP contribution in [0, 0.1) is 0 Å². The van der Waals surface area contributed by atoms with Gasteiger partial charge in [-0.2, -0.15) is 0 Å². The van der Waals surface area contributed by atoms with E-state index in [0.29, 0.717) is 0 Å². The fourth-order valence-corrected chi connectivity index (χ4v) is 9.19. The first-order valence-corrected chi connectivity index (χ1v) is 18.2. The second-order valence-corrected chi connectivity index (χ2v) is 14.8. The van der Waals surface area contributed by atoms with Gasteiger partial charge in [-0.3, -0.25) is 0 Å². The Morgan fingerprint density at radius 1 is 0.346 bits per heavy atom. The summed E-state index contributed by atoms with van der Waals surface area (Å²) in [5.74, 6) is 0. The lowest BCUT2D eigenvalue weighted by molar-refractivity contribution is 0.660. The molecular weight excluding hydrogens is 629 g/mol. The maximum atomic E-state index is 6.46. The van der Waals surface area contributed by atoms with Gasteiger partial charge in [0.1, 0.15) is 11.2 Å². The molecule has 9 aromatic carbocycles. The Balaban J connectivity index is 1.03. The lowest BCUT2D eigenvalue weighted by atomic mass is 9.81. The van der Waals surface area contributed by atoms with Gasteiger partial charge >= 0.3 is 0 Å². The lowest BCUT2D eigenvalue weighted by Gasteiger charge is -2.22. The summed E-state index contributed by atoms with van der Waals surface area (Å²) in [6, 6.07) is 62.3. The van der Waals surface area contributed by atoms with Crippen LogP contribution in [-0.4, -0.2) is 0 Å². The van der Waals surface area contributed by atoms with E-state index in [4.69, 9.17) is 4.42 Å². The second kappa shape index (κ2) is 10.8. The molecule has 0 bridgehead atoms. The third kappa shape index (κ3) is 4.05. The Labute approximate surface area is 302 Å². The first-order valence-electron chi connectivity index (χ1n) is 18.2. The predicted molar refractivity (Wildman–Crippen MR) is 220 cm³/mol. The van der Waals surface area contributed by atoms with Crippen molar-refractivity contribution in [1.29, 1.82) is 0 Å². The van der Waals surface area contributed by atoms with Crippen molar-refractivity contribution in [3.63, 3.8) is 0 Å². The van der Waals surface area contributed by atoms with Crippen molar-refractivity contribution in [3.8, 4) is 44.5 Å². The van der Waals surface area contributed by atoms with Crippen LogP contribution in [0.15, 0.2) is 174 Å². The summed E-state index contributed by atoms with van der Waals surface area (Å²) in [5, 5.41) is 9.88. The Bertz CT molecular complexity index is 3010. The average Bonchev–Trinajstić information content (AvgIpc) is 3.69. The first kappa shape index (κ1) is 29.3. The van der Waals surface area contributed by atoms with Crippen molar-refractivity contribution >= 4 is 54.3 Å². The van der Waals surface area contributed by atoms with E-state index >= 15 is 0 Å². The van der Waals surface area contributed by atoms with Gasteiger partial charge in [-0.05, 0) is 101 Å². The van der Waals surface area contributed by atoms with Crippen LogP contribution in [0.3, 0.4) is 0 Å². The predicted octanol–water partition coefficient (Wildman–Crippen LogP) is 14.4. The van der Waals surface area contributed by atoms with Gasteiger partial charge in [-0.1, -0.05) is 166 Å². The minimum atomic E-state index is -0.129. The van der Waals surface area contributed by atoms with E-state index in [1.807, 2.05) is 6.07 Å². The van der Waals surface area contributed by atoms with Crippen molar-refractivity contribution in [2.45, 2.75) is 19.3 Å². The highest BCUT2D eigenvalue weighted by Crippen LogP contribution is 2.53. The minimum absolute atomic E-state index is 0.129.